The van der Waals surface area contributed by atoms with Crippen molar-refractivity contribution in [1.82, 2.24) is 15.2 Å². The van der Waals surface area contributed by atoms with E-state index in [0.717, 1.165) is 0 Å². The van der Waals surface area contributed by atoms with Crippen molar-refractivity contribution in [2.24, 2.45) is 0 Å². The number of rotatable bonds is 1. The highest BCUT2D eigenvalue weighted by Crippen LogP contribution is 2.17. The number of nitrogens with one attached hydrogen (secondary N) is 1. The summed E-state index contributed by atoms with van der Waals surface area (Å²) in [6, 6.07) is 6.43. The predicted octanol–water partition coefficient (Wildman–Crippen LogP) is 1.92. The molecule has 0 unspecified atom stereocenters. The first-order valence-electron chi connectivity index (χ1n) is 3.91. The van der Waals surface area contributed by atoms with E-state index >= 15 is 0 Å². The minimum absolute atomic E-state index is 0.304. The number of H-pyrrole nitrogens is 1. The summed E-state index contributed by atoms with van der Waals surface area (Å²) in [5.74, 6) is 0.773. The van der Waals surface area contributed by atoms with Crippen molar-refractivity contribution < 1.29 is 4.39 Å². The van der Waals surface area contributed by atoms with Gasteiger partial charge in [-0.1, -0.05) is 12.1 Å². The summed E-state index contributed by atoms with van der Waals surface area (Å²) < 4.78 is 13.2. The molecule has 0 saturated heterocycles. The fourth-order valence-corrected chi connectivity index (χ4v) is 1.11. The number of halogens is 1. The van der Waals surface area contributed by atoms with Crippen LogP contribution in [0.1, 0.15) is 5.82 Å². The Morgan fingerprint density at radius 3 is 2.69 bits per heavy atom. The highest BCUT2D eigenvalue weighted by molar-refractivity contribution is 5.54. The molecule has 0 saturated carbocycles. The predicted molar refractivity (Wildman–Crippen MR) is 46.5 cm³/mol. The maximum atomic E-state index is 13.2. The van der Waals surface area contributed by atoms with Crippen LogP contribution in [0.15, 0.2) is 24.3 Å². The van der Waals surface area contributed by atoms with Crippen molar-refractivity contribution in [3.8, 4) is 11.4 Å². The molecule has 13 heavy (non-hydrogen) atoms. The molecule has 0 bridgehead atoms. The third-order valence-corrected chi connectivity index (χ3v) is 1.71. The Labute approximate surface area is 74.6 Å². The lowest BCUT2D eigenvalue weighted by Gasteiger charge is -1.95. The van der Waals surface area contributed by atoms with Crippen LogP contribution in [0.2, 0.25) is 0 Å². The van der Waals surface area contributed by atoms with E-state index in [1.165, 1.54) is 6.07 Å². The van der Waals surface area contributed by atoms with E-state index in [4.69, 9.17) is 0 Å². The molecule has 1 aromatic heterocycles. The summed E-state index contributed by atoms with van der Waals surface area (Å²) in [6.45, 7) is 1.78. The molecule has 2 rings (SSSR count). The molecule has 0 aliphatic rings. The van der Waals surface area contributed by atoms with Gasteiger partial charge < -0.3 is 0 Å². The first kappa shape index (κ1) is 7.91. The molecule has 0 radical (unpaired) electrons. The minimum atomic E-state index is -0.304. The van der Waals surface area contributed by atoms with Crippen molar-refractivity contribution >= 4 is 0 Å². The van der Waals surface area contributed by atoms with E-state index in [1.807, 2.05) is 0 Å². The van der Waals surface area contributed by atoms with Gasteiger partial charge in [-0.05, 0) is 19.1 Å². The fourth-order valence-electron chi connectivity index (χ4n) is 1.11. The maximum absolute atomic E-state index is 13.2. The second-order valence-electron chi connectivity index (χ2n) is 2.72. The molecule has 1 N–H and O–H groups in total. The molecular weight excluding hydrogens is 169 g/mol. The van der Waals surface area contributed by atoms with Gasteiger partial charge in [0.25, 0.3) is 0 Å². The Morgan fingerprint density at radius 2 is 2.08 bits per heavy atom. The lowest BCUT2D eigenvalue weighted by atomic mass is 10.2. The molecule has 1 heterocycles. The van der Waals surface area contributed by atoms with Crippen LogP contribution < -0.4 is 0 Å². The quantitative estimate of drug-likeness (QED) is 0.723. The van der Waals surface area contributed by atoms with Crippen LogP contribution >= 0.6 is 0 Å². The molecule has 0 fully saturated rings. The minimum Gasteiger partial charge on any atom is -0.263 e. The molecule has 4 heteroatoms. The number of aromatic nitrogens is 3. The summed E-state index contributed by atoms with van der Waals surface area (Å²) in [4.78, 5) is 4.04. The number of aryl methyl sites for hydroxylation is 1. The lowest BCUT2D eigenvalue weighted by molar-refractivity contribution is 0.630. The van der Waals surface area contributed by atoms with Gasteiger partial charge >= 0.3 is 0 Å². The van der Waals surface area contributed by atoms with Crippen molar-refractivity contribution in [2.45, 2.75) is 6.92 Å². The zero-order valence-corrected chi connectivity index (χ0v) is 7.08. The van der Waals surface area contributed by atoms with Gasteiger partial charge in [0.1, 0.15) is 11.6 Å². The summed E-state index contributed by atoms with van der Waals surface area (Å²) in [7, 11) is 0. The van der Waals surface area contributed by atoms with Gasteiger partial charge in [-0.25, -0.2) is 9.37 Å². The molecule has 0 aliphatic carbocycles. The third kappa shape index (κ3) is 1.42. The van der Waals surface area contributed by atoms with E-state index in [-0.39, 0.29) is 5.82 Å². The van der Waals surface area contributed by atoms with Crippen LogP contribution in [0, 0.1) is 12.7 Å². The number of hydrogen-bond acceptors (Lipinski definition) is 2. The Hall–Kier alpha value is -1.71. The van der Waals surface area contributed by atoms with Gasteiger partial charge in [-0.15, -0.1) is 0 Å². The number of benzene rings is 1. The second kappa shape index (κ2) is 2.97. The van der Waals surface area contributed by atoms with Crippen LogP contribution in [0.5, 0.6) is 0 Å². The second-order valence-corrected chi connectivity index (χ2v) is 2.72. The summed E-state index contributed by atoms with van der Waals surface area (Å²) in [5, 5.41) is 6.54. The third-order valence-electron chi connectivity index (χ3n) is 1.71. The SMILES string of the molecule is Cc1nc(-c2ccccc2F)n[nH]1. The maximum Gasteiger partial charge on any atom is 0.184 e. The average Bonchev–Trinajstić information content (AvgIpc) is 2.53. The van der Waals surface area contributed by atoms with E-state index in [0.29, 0.717) is 17.2 Å². The van der Waals surface area contributed by atoms with Gasteiger partial charge in [0.15, 0.2) is 5.82 Å². The van der Waals surface area contributed by atoms with Gasteiger partial charge in [0, 0.05) is 0 Å². The van der Waals surface area contributed by atoms with Crippen molar-refractivity contribution in [3.05, 3.63) is 35.9 Å². The standard InChI is InChI=1S/C9H8FN3/c1-6-11-9(13-12-6)7-4-2-3-5-8(7)10/h2-5H,1H3,(H,11,12,13). The van der Waals surface area contributed by atoms with Crippen LogP contribution in [0.25, 0.3) is 11.4 Å². The molecular formula is C9H8FN3. The molecule has 0 atom stereocenters. The van der Waals surface area contributed by atoms with Crippen LogP contribution in [0.4, 0.5) is 4.39 Å². The van der Waals surface area contributed by atoms with Gasteiger partial charge in [-0.2, -0.15) is 5.10 Å². The average molecular weight is 177 g/mol. The first-order valence-corrected chi connectivity index (χ1v) is 3.91. The van der Waals surface area contributed by atoms with E-state index in [9.17, 15) is 4.39 Å². The molecule has 0 spiro atoms. The highest BCUT2D eigenvalue weighted by Gasteiger charge is 2.07. The number of nitrogens with zero attached hydrogens (tertiary/aromatic N) is 2. The molecule has 1 aromatic carbocycles. The van der Waals surface area contributed by atoms with Crippen LogP contribution in [-0.4, -0.2) is 15.2 Å². The van der Waals surface area contributed by atoms with E-state index in [2.05, 4.69) is 15.2 Å². The normalized spacial score (nSPS) is 10.3. The zero-order valence-electron chi connectivity index (χ0n) is 7.08. The van der Waals surface area contributed by atoms with E-state index < -0.39 is 0 Å². The van der Waals surface area contributed by atoms with Gasteiger partial charge in [0.05, 0.1) is 5.56 Å². The van der Waals surface area contributed by atoms with Crippen molar-refractivity contribution in [2.75, 3.05) is 0 Å². The topological polar surface area (TPSA) is 41.6 Å². The zero-order chi connectivity index (χ0) is 9.26. The monoisotopic (exact) mass is 177 g/mol. The van der Waals surface area contributed by atoms with Gasteiger partial charge in [-0.3, -0.25) is 5.10 Å². The smallest absolute Gasteiger partial charge is 0.184 e. The van der Waals surface area contributed by atoms with Crippen molar-refractivity contribution in [1.29, 1.82) is 0 Å². The fraction of sp³-hybridized carbons (Fsp3) is 0.111. The Bertz CT molecular complexity index is 422. The molecule has 3 nitrogen and oxygen atoms in total. The largest absolute Gasteiger partial charge is 0.263 e. The Morgan fingerprint density at radius 1 is 1.31 bits per heavy atom. The summed E-state index contributed by atoms with van der Waals surface area (Å²) in [5.41, 5.74) is 0.423. The van der Waals surface area contributed by atoms with Crippen molar-refractivity contribution in [3.63, 3.8) is 0 Å². The van der Waals surface area contributed by atoms with Crippen LogP contribution in [-0.2, 0) is 0 Å². The first-order chi connectivity index (χ1) is 6.27. The molecule has 2 aromatic rings. The summed E-state index contributed by atoms with van der Waals surface area (Å²) in [6.07, 6.45) is 0. The summed E-state index contributed by atoms with van der Waals surface area (Å²) >= 11 is 0. The van der Waals surface area contributed by atoms with Gasteiger partial charge in [0.2, 0.25) is 0 Å². The molecule has 0 amide bonds. The molecule has 66 valence electrons. The number of aromatic amines is 1. The van der Waals surface area contributed by atoms with Crippen LogP contribution in [0.3, 0.4) is 0 Å². The lowest BCUT2D eigenvalue weighted by Crippen LogP contribution is -1.85. The molecule has 0 aliphatic heterocycles. The Balaban J connectivity index is 2.52. The number of hydrogen-bond donors (Lipinski definition) is 1. The van der Waals surface area contributed by atoms with E-state index in [1.54, 1.807) is 25.1 Å². The Kier molecular flexibility index (Phi) is 1.81. The highest BCUT2D eigenvalue weighted by atomic mass is 19.1.